The normalized spacial score (nSPS) is 10.1. The molecule has 0 atom stereocenters. The van der Waals surface area contributed by atoms with Gasteiger partial charge in [0, 0.05) is 24.7 Å². The van der Waals surface area contributed by atoms with Crippen molar-refractivity contribution in [3.8, 4) is 11.5 Å². The van der Waals surface area contributed by atoms with Gasteiger partial charge in [0.25, 0.3) is 5.91 Å². The molecule has 0 bridgehead atoms. The van der Waals surface area contributed by atoms with Gasteiger partial charge in [0.15, 0.2) is 0 Å². The Kier molecular flexibility index (Phi) is 5.42. The molecule has 2 aromatic rings. The van der Waals surface area contributed by atoms with E-state index in [1.54, 1.807) is 37.3 Å². The Morgan fingerprint density at radius 1 is 1.00 bits per heavy atom. The molecule has 0 aliphatic heterocycles. The number of hydrogen-bond acceptors (Lipinski definition) is 3. The smallest absolute Gasteiger partial charge is 0.254 e. The first-order valence-corrected chi connectivity index (χ1v) is 7.24. The van der Waals surface area contributed by atoms with E-state index in [4.69, 9.17) is 9.47 Å². The van der Waals surface area contributed by atoms with E-state index < -0.39 is 0 Å². The standard InChI is InChI=1S/C18H21NO3/c1-4-19(13-14-8-6-5-7-9-14)18(20)15-10-16(21-2)12-17(11-15)22-3/h5-12H,4,13H2,1-3H3. The van der Waals surface area contributed by atoms with Gasteiger partial charge in [0.05, 0.1) is 14.2 Å². The van der Waals surface area contributed by atoms with E-state index in [0.29, 0.717) is 30.2 Å². The Bertz CT molecular complexity index is 603. The van der Waals surface area contributed by atoms with Crippen LogP contribution >= 0.6 is 0 Å². The molecule has 22 heavy (non-hydrogen) atoms. The molecule has 0 aromatic heterocycles. The molecule has 0 radical (unpaired) electrons. The quantitative estimate of drug-likeness (QED) is 0.821. The third kappa shape index (κ3) is 3.79. The molecule has 0 fully saturated rings. The van der Waals surface area contributed by atoms with E-state index in [9.17, 15) is 4.79 Å². The van der Waals surface area contributed by atoms with Crippen LogP contribution in [0, 0.1) is 0 Å². The topological polar surface area (TPSA) is 38.8 Å². The first-order chi connectivity index (χ1) is 10.7. The first kappa shape index (κ1) is 15.9. The van der Waals surface area contributed by atoms with Gasteiger partial charge in [-0.15, -0.1) is 0 Å². The molecule has 0 spiro atoms. The van der Waals surface area contributed by atoms with Gasteiger partial charge in [0.2, 0.25) is 0 Å². The van der Waals surface area contributed by atoms with E-state index >= 15 is 0 Å². The molecule has 1 amide bonds. The maximum Gasteiger partial charge on any atom is 0.254 e. The molecule has 2 aromatic carbocycles. The molecule has 0 heterocycles. The van der Waals surface area contributed by atoms with Crippen LogP contribution in [0.2, 0.25) is 0 Å². The maximum atomic E-state index is 12.7. The molecule has 116 valence electrons. The average Bonchev–Trinajstić information content (AvgIpc) is 2.59. The molecule has 0 N–H and O–H groups in total. The van der Waals surface area contributed by atoms with Crippen molar-refractivity contribution < 1.29 is 14.3 Å². The largest absolute Gasteiger partial charge is 0.497 e. The molecule has 4 nitrogen and oxygen atoms in total. The van der Waals surface area contributed by atoms with Crippen LogP contribution in [0.25, 0.3) is 0 Å². The highest BCUT2D eigenvalue weighted by molar-refractivity contribution is 5.95. The van der Waals surface area contributed by atoms with Gasteiger partial charge in [-0.05, 0) is 24.6 Å². The summed E-state index contributed by atoms with van der Waals surface area (Å²) < 4.78 is 10.5. The van der Waals surface area contributed by atoms with E-state index in [0.717, 1.165) is 5.56 Å². The predicted molar refractivity (Wildman–Crippen MR) is 86.4 cm³/mol. The monoisotopic (exact) mass is 299 g/mol. The number of benzene rings is 2. The number of methoxy groups -OCH3 is 2. The maximum absolute atomic E-state index is 12.7. The fraction of sp³-hybridized carbons (Fsp3) is 0.278. The van der Waals surface area contributed by atoms with E-state index in [1.807, 2.05) is 37.3 Å². The summed E-state index contributed by atoms with van der Waals surface area (Å²) in [5.74, 6) is 1.18. The minimum absolute atomic E-state index is 0.0384. The summed E-state index contributed by atoms with van der Waals surface area (Å²) in [7, 11) is 3.15. The minimum Gasteiger partial charge on any atom is -0.497 e. The van der Waals surface area contributed by atoms with Crippen LogP contribution in [0.3, 0.4) is 0 Å². The highest BCUT2D eigenvalue weighted by Crippen LogP contribution is 2.23. The number of carbonyl (C=O) groups is 1. The van der Waals surface area contributed by atoms with Crippen molar-refractivity contribution in [3.05, 3.63) is 59.7 Å². The number of amides is 1. The summed E-state index contributed by atoms with van der Waals surface area (Å²) >= 11 is 0. The molecule has 0 aliphatic carbocycles. The zero-order valence-corrected chi connectivity index (χ0v) is 13.2. The van der Waals surface area contributed by atoms with Crippen molar-refractivity contribution in [1.29, 1.82) is 0 Å². The SMILES string of the molecule is CCN(Cc1ccccc1)C(=O)c1cc(OC)cc(OC)c1. The number of rotatable bonds is 6. The fourth-order valence-corrected chi connectivity index (χ4v) is 2.24. The van der Waals surface area contributed by atoms with Crippen molar-refractivity contribution in [2.45, 2.75) is 13.5 Å². The van der Waals surface area contributed by atoms with Crippen molar-refractivity contribution in [1.82, 2.24) is 4.90 Å². The van der Waals surface area contributed by atoms with Crippen LogP contribution in [0.4, 0.5) is 0 Å². The molecule has 2 rings (SSSR count). The van der Waals surface area contributed by atoms with Crippen LogP contribution < -0.4 is 9.47 Å². The van der Waals surface area contributed by atoms with Gasteiger partial charge in [-0.1, -0.05) is 30.3 Å². The van der Waals surface area contributed by atoms with Gasteiger partial charge in [-0.2, -0.15) is 0 Å². The second-order valence-corrected chi connectivity index (χ2v) is 4.91. The molecule has 4 heteroatoms. The van der Waals surface area contributed by atoms with Crippen molar-refractivity contribution in [2.75, 3.05) is 20.8 Å². The highest BCUT2D eigenvalue weighted by atomic mass is 16.5. The summed E-state index contributed by atoms with van der Waals surface area (Å²) in [6.45, 7) is 3.18. The van der Waals surface area contributed by atoms with Crippen molar-refractivity contribution >= 4 is 5.91 Å². The number of nitrogens with zero attached hydrogens (tertiary/aromatic N) is 1. The Morgan fingerprint density at radius 2 is 1.59 bits per heavy atom. The Balaban J connectivity index is 2.24. The summed E-state index contributed by atoms with van der Waals surface area (Å²) in [5.41, 5.74) is 1.67. The van der Waals surface area contributed by atoms with Crippen LogP contribution in [-0.4, -0.2) is 31.6 Å². The van der Waals surface area contributed by atoms with Crippen LogP contribution in [-0.2, 0) is 6.54 Å². The minimum atomic E-state index is -0.0384. The van der Waals surface area contributed by atoms with E-state index in [2.05, 4.69) is 0 Å². The average molecular weight is 299 g/mol. The lowest BCUT2D eigenvalue weighted by Gasteiger charge is -2.21. The lowest BCUT2D eigenvalue weighted by molar-refractivity contribution is 0.0752. The lowest BCUT2D eigenvalue weighted by Crippen LogP contribution is -2.30. The second kappa shape index (κ2) is 7.50. The van der Waals surface area contributed by atoms with Gasteiger partial charge in [-0.3, -0.25) is 4.79 Å². The highest BCUT2D eigenvalue weighted by Gasteiger charge is 2.16. The molecule has 0 saturated carbocycles. The van der Waals surface area contributed by atoms with Crippen LogP contribution in [0.1, 0.15) is 22.8 Å². The predicted octanol–water partition coefficient (Wildman–Crippen LogP) is 3.37. The van der Waals surface area contributed by atoms with Crippen LogP contribution in [0.15, 0.2) is 48.5 Å². The third-order valence-electron chi connectivity index (χ3n) is 3.48. The first-order valence-electron chi connectivity index (χ1n) is 7.24. The zero-order valence-electron chi connectivity index (χ0n) is 13.2. The van der Waals surface area contributed by atoms with Crippen molar-refractivity contribution in [2.24, 2.45) is 0 Å². The Morgan fingerprint density at radius 3 is 2.09 bits per heavy atom. The molecule has 0 aliphatic rings. The van der Waals surface area contributed by atoms with Gasteiger partial charge in [-0.25, -0.2) is 0 Å². The number of carbonyl (C=O) groups excluding carboxylic acids is 1. The molecule has 0 unspecified atom stereocenters. The summed E-state index contributed by atoms with van der Waals surface area (Å²) in [4.78, 5) is 14.5. The zero-order chi connectivity index (χ0) is 15.9. The van der Waals surface area contributed by atoms with E-state index in [-0.39, 0.29) is 5.91 Å². The van der Waals surface area contributed by atoms with Gasteiger partial charge < -0.3 is 14.4 Å². The Hall–Kier alpha value is -2.49. The third-order valence-corrected chi connectivity index (χ3v) is 3.48. The lowest BCUT2D eigenvalue weighted by atomic mass is 10.1. The van der Waals surface area contributed by atoms with Crippen LogP contribution in [0.5, 0.6) is 11.5 Å². The van der Waals surface area contributed by atoms with E-state index in [1.165, 1.54) is 0 Å². The summed E-state index contributed by atoms with van der Waals surface area (Å²) in [6.07, 6.45) is 0. The number of hydrogen-bond donors (Lipinski definition) is 0. The molecular formula is C18H21NO3. The fourth-order valence-electron chi connectivity index (χ4n) is 2.24. The second-order valence-electron chi connectivity index (χ2n) is 4.91. The van der Waals surface area contributed by atoms with Crippen molar-refractivity contribution in [3.63, 3.8) is 0 Å². The van der Waals surface area contributed by atoms with Gasteiger partial charge in [0.1, 0.15) is 11.5 Å². The molecule has 0 saturated heterocycles. The van der Waals surface area contributed by atoms with Gasteiger partial charge >= 0.3 is 0 Å². The Labute approximate surface area is 131 Å². The summed E-state index contributed by atoms with van der Waals surface area (Å²) in [6, 6.07) is 15.2. The molecular weight excluding hydrogens is 278 g/mol. The number of ether oxygens (including phenoxy) is 2. The summed E-state index contributed by atoms with van der Waals surface area (Å²) in [5, 5.41) is 0.